The maximum atomic E-state index is 12.0. The van der Waals surface area contributed by atoms with Crippen LogP contribution in [-0.4, -0.2) is 67.7 Å². The first-order chi connectivity index (χ1) is 12.6. The Morgan fingerprint density at radius 3 is 1.61 bits per heavy atom. The molecule has 33 heavy (non-hydrogen) atoms. The fourth-order valence-corrected chi connectivity index (χ4v) is 3.64. The van der Waals surface area contributed by atoms with E-state index in [1.807, 2.05) is 6.92 Å². The van der Waals surface area contributed by atoms with Crippen molar-refractivity contribution in [1.29, 1.82) is 0 Å². The minimum Gasteiger partial charge on any atom is -0.374 e. The Labute approximate surface area is 202 Å². The maximum absolute atomic E-state index is 12.0. The summed E-state index contributed by atoms with van der Waals surface area (Å²) >= 11 is 0. The molecule has 0 heterocycles. The highest BCUT2D eigenvalue weighted by atomic mass is 32.2. The number of halogens is 1. The Morgan fingerprint density at radius 1 is 1.00 bits per heavy atom. The molecule has 0 rings (SSSR count). The minimum absolute atomic E-state index is 0. The molecule has 0 aromatic heterocycles. The fraction of sp³-hybridized carbons (Fsp3) is 0.864. The molecule has 0 saturated carbocycles. The van der Waals surface area contributed by atoms with E-state index in [4.69, 9.17) is 14.0 Å². The Balaban J connectivity index is -0.0000000906. The first-order valence-electron chi connectivity index (χ1n) is 8.95. The number of carbonyl (C=O) groups is 3. The van der Waals surface area contributed by atoms with Crippen molar-refractivity contribution in [3.05, 3.63) is 0 Å². The van der Waals surface area contributed by atoms with Crippen LogP contribution in [-0.2, 0) is 34.0 Å². The normalized spacial score (nSPS) is 12.6. The monoisotopic (exact) mass is 509 g/mol. The lowest BCUT2D eigenvalue weighted by Gasteiger charge is -2.31. The van der Waals surface area contributed by atoms with Crippen molar-refractivity contribution in [2.24, 2.45) is 0 Å². The molecule has 0 aliphatic rings. The van der Waals surface area contributed by atoms with Gasteiger partial charge < -0.3 is 14.8 Å². The summed E-state index contributed by atoms with van der Waals surface area (Å²) in [6.07, 6.45) is 0.705. The van der Waals surface area contributed by atoms with Crippen LogP contribution in [0.1, 0.15) is 90.5 Å². The van der Waals surface area contributed by atoms with Crippen LogP contribution in [0.4, 0.5) is 4.70 Å². The molecule has 2 atom stereocenters. The van der Waals surface area contributed by atoms with Crippen molar-refractivity contribution in [3.8, 4) is 0 Å². The van der Waals surface area contributed by atoms with E-state index in [1.54, 1.807) is 14.0 Å². The molecule has 0 aromatic carbocycles. The molecular formula is C22H52FNO8S. The molecule has 206 valence electrons. The van der Waals surface area contributed by atoms with Gasteiger partial charge in [0.25, 0.3) is 10.1 Å². The number of nitrogens with one attached hydrogen (secondary N) is 1. The lowest BCUT2D eigenvalue weighted by molar-refractivity contribution is -0.146. The third-order valence-corrected chi connectivity index (χ3v) is 5.27. The molecule has 0 aliphatic heterocycles. The number of hydrogen-bond acceptors (Lipinski definition) is 7. The molecule has 2 N–H and O–H groups in total. The molecule has 11 heteroatoms. The van der Waals surface area contributed by atoms with E-state index in [2.05, 4.69) is 5.32 Å². The number of amides is 1. The molecule has 2 unspecified atom stereocenters. The first kappa shape index (κ1) is 48.9. The zero-order valence-corrected chi connectivity index (χ0v) is 19.3. The number of ether oxygens (including phenoxy) is 2. The van der Waals surface area contributed by atoms with Crippen LogP contribution >= 0.6 is 0 Å². The van der Waals surface area contributed by atoms with Crippen LogP contribution in [0.2, 0.25) is 0 Å². The number of ketones is 2. The van der Waals surface area contributed by atoms with Crippen LogP contribution in [0.5, 0.6) is 0 Å². The second kappa shape index (κ2) is 21.1. The summed E-state index contributed by atoms with van der Waals surface area (Å²) in [5, 5.41) is 2.48. The van der Waals surface area contributed by atoms with E-state index in [0.717, 1.165) is 6.42 Å². The second-order valence-corrected chi connectivity index (χ2v) is 8.64. The molecule has 0 saturated heterocycles. The fourth-order valence-electron chi connectivity index (χ4n) is 2.65. The van der Waals surface area contributed by atoms with E-state index >= 15 is 0 Å². The summed E-state index contributed by atoms with van der Waals surface area (Å²) in [7, 11) is -1.31. The van der Waals surface area contributed by atoms with Crippen LogP contribution in [0.15, 0.2) is 0 Å². The molecule has 1 amide bonds. The standard InChI is InChI=1S/C12H23NO6S.C6H12O2.4CH4.FH/c1-6-12(19-5,9(2)14)7-10(15)13-11(3,4)8-20(16,17)18;1-4-6(8-3)5(2)7;;;;;/h6-8H2,1-5H3,(H,13,15)(H,16,17,18);6H,4H2,1-3H3;4*1H4;1H. The zero-order valence-electron chi connectivity index (χ0n) is 18.5. The van der Waals surface area contributed by atoms with Crippen LogP contribution in [0.25, 0.3) is 0 Å². The van der Waals surface area contributed by atoms with Gasteiger partial charge >= 0.3 is 0 Å². The van der Waals surface area contributed by atoms with Gasteiger partial charge in [-0.15, -0.1) is 0 Å². The van der Waals surface area contributed by atoms with Crippen molar-refractivity contribution in [2.45, 2.75) is 108 Å². The number of methoxy groups -OCH3 is 2. The summed E-state index contributed by atoms with van der Waals surface area (Å²) in [4.78, 5) is 34.1. The van der Waals surface area contributed by atoms with Crippen LogP contribution in [0, 0.1) is 0 Å². The van der Waals surface area contributed by atoms with Gasteiger partial charge in [-0.3, -0.25) is 23.6 Å². The molecule has 0 spiro atoms. The lowest BCUT2D eigenvalue weighted by Crippen LogP contribution is -2.51. The molecule has 0 aliphatic carbocycles. The van der Waals surface area contributed by atoms with Gasteiger partial charge in [0.2, 0.25) is 5.91 Å². The van der Waals surface area contributed by atoms with E-state index in [1.165, 1.54) is 34.8 Å². The van der Waals surface area contributed by atoms with Crippen LogP contribution in [0.3, 0.4) is 0 Å². The highest BCUT2D eigenvalue weighted by Gasteiger charge is 2.37. The zero-order chi connectivity index (χ0) is 22.8. The highest BCUT2D eigenvalue weighted by Crippen LogP contribution is 2.21. The van der Waals surface area contributed by atoms with Gasteiger partial charge in [-0.05, 0) is 40.5 Å². The summed E-state index contributed by atoms with van der Waals surface area (Å²) in [5.74, 6) is -1.30. The molecule has 9 nitrogen and oxygen atoms in total. The quantitative estimate of drug-likeness (QED) is 0.395. The third kappa shape index (κ3) is 20.9. The minimum atomic E-state index is -4.21. The second-order valence-electron chi connectivity index (χ2n) is 7.19. The summed E-state index contributed by atoms with van der Waals surface area (Å²) in [6, 6.07) is 0. The van der Waals surface area contributed by atoms with Gasteiger partial charge in [-0.1, -0.05) is 43.6 Å². The predicted molar refractivity (Wildman–Crippen MR) is 135 cm³/mol. The van der Waals surface area contributed by atoms with Crippen LogP contribution < -0.4 is 5.32 Å². The highest BCUT2D eigenvalue weighted by molar-refractivity contribution is 7.85. The van der Waals surface area contributed by atoms with Gasteiger partial charge in [0.1, 0.15) is 11.7 Å². The summed E-state index contributed by atoms with van der Waals surface area (Å²) in [6.45, 7) is 9.46. The lowest BCUT2D eigenvalue weighted by atomic mass is 9.91. The molecular weight excluding hydrogens is 457 g/mol. The summed E-state index contributed by atoms with van der Waals surface area (Å²) in [5.41, 5.74) is -2.35. The van der Waals surface area contributed by atoms with E-state index in [-0.39, 0.29) is 58.5 Å². The van der Waals surface area contributed by atoms with Crippen molar-refractivity contribution in [3.63, 3.8) is 0 Å². The SMILES string of the molecule is C.C.C.C.CCC(CC(=O)NC(C)(C)CS(=O)(=O)O)(OC)C(C)=O.CCC(OC)C(C)=O.F. The Kier molecular flexibility index (Phi) is 31.3. The van der Waals surface area contributed by atoms with Crippen molar-refractivity contribution < 1.29 is 41.5 Å². The smallest absolute Gasteiger partial charge is 0.267 e. The van der Waals surface area contributed by atoms with Gasteiger partial charge in [0, 0.05) is 14.2 Å². The Bertz CT molecular complexity index is 628. The van der Waals surface area contributed by atoms with Crippen molar-refractivity contribution in [1.82, 2.24) is 5.32 Å². The maximum Gasteiger partial charge on any atom is 0.267 e. The van der Waals surface area contributed by atoms with E-state index in [0.29, 0.717) is 6.42 Å². The number of Topliss-reactive ketones (excluding diaryl/α,β-unsaturated/α-hetero) is 2. The molecule has 0 bridgehead atoms. The molecule has 0 radical (unpaired) electrons. The van der Waals surface area contributed by atoms with Crippen molar-refractivity contribution >= 4 is 27.6 Å². The Hall–Kier alpha value is -1.43. The topological polar surface area (TPSA) is 136 Å². The number of carbonyl (C=O) groups excluding carboxylic acids is 3. The average Bonchev–Trinajstić information content (AvgIpc) is 2.50. The van der Waals surface area contributed by atoms with Gasteiger partial charge in [-0.25, -0.2) is 0 Å². The van der Waals surface area contributed by atoms with E-state index in [9.17, 15) is 22.8 Å². The predicted octanol–water partition coefficient (Wildman–Crippen LogP) is 4.24. The van der Waals surface area contributed by atoms with Crippen molar-refractivity contribution in [2.75, 3.05) is 20.0 Å². The first-order valence-corrected chi connectivity index (χ1v) is 10.6. The van der Waals surface area contributed by atoms with Gasteiger partial charge in [0.05, 0.1) is 17.7 Å². The van der Waals surface area contributed by atoms with Gasteiger partial charge in [0.15, 0.2) is 11.6 Å². The molecule has 0 fully saturated rings. The Morgan fingerprint density at radius 2 is 1.42 bits per heavy atom. The number of rotatable bonds is 11. The van der Waals surface area contributed by atoms with E-state index < -0.39 is 32.9 Å². The molecule has 0 aromatic rings. The third-order valence-electron chi connectivity index (χ3n) is 4.18. The largest absolute Gasteiger partial charge is 0.374 e. The summed E-state index contributed by atoms with van der Waals surface area (Å²) < 4.78 is 40.5. The number of hydrogen-bond donors (Lipinski definition) is 2. The van der Waals surface area contributed by atoms with Gasteiger partial charge in [-0.2, -0.15) is 8.42 Å². The average molecular weight is 510 g/mol.